The van der Waals surface area contributed by atoms with Crippen molar-refractivity contribution in [1.82, 2.24) is 10.7 Å². The fourth-order valence-corrected chi connectivity index (χ4v) is 3.34. The van der Waals surface area contributed by atoms with Gasteiger partial charge in [-0.25, -0.2) is 5.43 Å². The van der Waals surface area contributed by atoms with Gasteiger partial charge in [0.2, 0.25) is 11.8 Å². The van der Waals surface area contributed by atoms with E-state index in [1.165, 1.54) is 12.6 Å². The number of nitrogens with one attached hydrogen (secondary N) is 2. The molecule has 2 amide bonds. The van der Waals surface area contributed by atoms with E-state index < -0.39 is 5.91 Å². The van der Waals surface area contributed by atoms with Crippen molar-refractivity contribution in [3.63, 3.8) is 0 Å². The molecule has 1 aliphatic rings. The van der Waals surface area contributed by atoms with E-state index in [9.17, 15) is 9.59 Å². The van der Waals surface area contributed by atoms with E-state index in [4.69, 9.17) is 4.74 Å². The van der Waals surface area contributed by atoms with Crippen LogP contribution in [-0.4, -0.2) is 24.1 Å². The number of hydrogen-bond acceptors (Lipinski definition) is 4. The third kappa shape index (κ3) is 7.07. The van der Waals surface area contributed by atoms with Crippen molar-refractivity contribution < 1.29 is 14.3 Å². The molecular weight excluding hydrogens is 366 g/mol. The molecule has 2 aromatic rings. The molecule has 0 aromatic heterocycles. The molecule has 29 heavy (non-hydrogen) atoms. The SMILES string of the molecule is O=C(CC(=O)NC1CCCCC1)N/N=C\c1ccccc1OCc1ccccc1. The Morgan fingerprint density at radius 2 is 1.69 bits per heavy atom. The number of para-hydroxylation sites is 1. The van der Waals surface area contributed by atoms with E-state index in [0.717, 1.165) is 36.8 Å². The molecule has 3 rings (SSSR count). The van der Waals surface area contributed by atoms with Gasteiger partial charge in [0, 0.05) is 11.6 Å². The minimum Gasteiger partial charge on any atom is -0.488 e. The van der Waals surface area contributed by atoms with Crippen LogP contribution in [-0.2, 0) is 16.2 Å². The molecule has 2 N–H and O–H groups in total. The van der Waals surface area contributed by atoms with Crippen LogP contribution >= 0.6 is 0 Å². The molecule has 0 radical (unpaired) electrons. The van der Waals surface area contributed by atoms with Gasteiger partial charge in [-0.3, -0.25) is 9.59 Å². The molecule has 0 bridgehead atoms. The largest absolute Gasteiger partial charge is 0.488 e. The molecule has 0 atom stereocenters. The monoisotopic (exact) mass is 393 g/mol. The lowest BCUT2D eigenvalue weighted by Crippen LogP contribution is -2.38. The molecule has 0 unspecified atom stereocenters. The first kappa shape index (κ1) is 20.6. The van der Waals surface area contributed by atoms with E-state index >= 15 is 0 Å². The first-order valence-electron chi connectivity index (χ1n) is 10.1. The number of amides is 2. The topological polar surface area (TPSA) is 79.8 Å². The normalized spacial score (nSPS) is 14.5. The summed E-state index contributed by atoms with van der Waals surface area (Å²) >= 11 is 0. The lowest BCUT2D eigenvalue weighted by atomic mass is 9.95. The Morgan fingerprint density at radius 3 is 2.48 bits per heavy atom. The van der Waals surface area contributed by atoms with Gasteiger partial charge in [0.1, 0.15) is 18.8 Å². The maximum atomic E-state index is 12.0. The molecule has 152 valence electrons. The number of benzene rings is 2. The van der Waals surface area contributed by atoms with Crippen molar-refractivity contribution in [3.8, 4) is 5.75 Å². The molecule has 1 fully saturated rings. The molecule has 0 saturated heterocycles. The summed E-state index contributed by atoms with van der Waals surface area (Å²) in [5.41, 5.74) is 4.23. The van der Waals surface area contributed by atoms with E-state index in [1.807, 2.05) is 54.6 Å². The Hall–Kier alpha value is -3.15. The molecule has 6 nitrogen and oxygen atoms in total. The van der Waals surface area contributed by atoms with Crippen molar-refractivity contribution in [2.24, 2.45) is 5.10 Å². The number of nitrogens with zero attached hydrogens (tertiary/aromatic N) is 1. The second-order valence-electron chi connectivity index (χ2n) is 7.18. The average molecular weight is 393 g/mol. The fourth-order valence-electron chi connectivity index (χ4n) is 3.34. The Balaban J connectivity index is 1.46. The smallest absolute Gasteiger partial charge is 0.249 e. The standard InChI is InChI=1S/C23H27N3O3/c27-22(25-20-12-5-2-6-13-20)15-23(28)26-24-16-19-11-7-8-14-21(19)29-17-18-9-3-1-4-10-18/h1,3-4,7-11,14,16,20H,2,5-6,12-13,15,17H2,(H,25,27)(H,26,28)/b24-16-. The van der Waals surface area contributed by atoms with Crippen molar-refractivity contribution in [2.45, 2.75) is 51.2 Å². The number of ether oxygens (including phenoxy) is 1. The molecule has 1 aliphatic carbocycles. The van der Waals surface area contributed by atoms with Gasteiger partial charge >= 0.3 is 0 Å². The minimum atomic E-state index is -0.433. The summed E-state index contributed by atoms with van der Waals surface area (Å²) in [6.07, 6.45) is 6.77. The lowest BCUT2D eigenvalue weighted by molar-refractivity contribution is -0.129. The molecule has 0 heterocycles. The van der Waals surface area contributed by atoms with E-state index in [2.05, 4.69) is 15.8 Å². The minimum absolute atomic E-state index is 0.196. The average Bonchev–Trinajstić information content (AvgIpc) is 2.74. The highest BCUT2D eigenvalue weighted by atomic mass is 16.5. The van der Waals surface area contributed by atoms with Gasteiger partial charge in [-0.15, -0.1) is 0 Å². The van der Waals surface area contributed by atoms with Gasteiger partial charge in [-0.2, -0.15) is 5.10 Å². The maximum Gasteiger partial charge on any atom is 0.249 e. The molecule has 0 spiro atoms. The number of hydrazone groups is 1. The van der Waals surface area contributed by atoms with Crippen LogP contribution in [0.25, 0.3) is 0 Å². The van der Waals surface area contributed by atoms with Crippen molar-refractivity contribution in [2.75, 3.05) is 0 Å². The first-order chi connectivity index (χ1) is 14.2. The summed E-state index contributed by atoms with van der Waals surface area (Å²) in [5, 5.41) is 6.90. The van der Waals surface area contributed by atoms with Crippen LogP contribution in [0.2, 0.25) is 0 Å². The summed E-state index contributed by atoms with van der Waals surface area (Å²) in [6.45, 7) is 0.444. The van der Waals surface area contributed by atoms with Crippen LogP contribution < -0.4 is 15.5 Å². The van der Waals surface area contributed by atoms with Crippen LogP contribution in [0.3, 0.4) is 0 Å². The van der Waals surface area contributed by atoms with Crippen LogP contribution in [0.15, 0.2) is 59.7 Å². The third-order valence-corrected chi connectivity index (χ3v) is 4.84. The van der Waals surface area contributed by atoms with E-state index in [0.29, 0.717) is 12.4 Å². The van der Waals surface area contributed by atoms with Crippen molar-refractivity contribution >= 4 is 18.0 Å². The van der Waals surface area contributed by atoms with E-state index in [1.54, 1.807) is 0 Å². The predicted molar refractivity (Wildman–Crippen MR) is 113 cm³/mol. The van der Waals surface area contributed by atoms with Gasteiger partial charge in [-0.1, -0.05) is 61.7 Å². The summed E-state index contributed by atoms with van der Waals surface area (Å²) in [7, 11) is 0. The number of carbonyl (C=O) groups is 2. The summed E-state index contributed by atoms with van der Waals surface area (Å²) in [4.78, 5) is 23.9. The van der Waals surface area contributed by atoms with E-state index in [-0.39, 0.29) is 18.4 Å². The van der Waals surface area contributed by atoms with Crippen molar-refractivity contribution in [1.29, 1.82) is 0 Å². The molecule has 0 aliphatic heterocycles. The van der Waals surface area contributed by atoms with Gasteiger partial charge in [0.15, 0.2) is 0 Å². The molecule has 6 heteroatoms. The van der Waals surface area contributed by atoms with Gasteiger partial charge < -0.3 is 10.1 Å². The van der Waals surface area contributed by atoms with Crippen LogP contribution in [0.4, 0.5) is 0 Å². The highest BCUT2D eigenvalue weighted by molar-refractivity contribution is 5.97. The quantitative estimate of drug-likeness (QED) is 0.409. The zero-order valence-electron chi connectivity index (χ0n) is 16.5. The van der Waals surface area contributed by atoms with Crippen LogP contribution in [0.1, 0.15) is 49.7 Å². The summed E-state index contributed by atoms with van der Waals surface area (Å²) in [5.74, 6) is -0.0159. The Kier molecular flexibility index (Phi) is 7.81. The second-order valence-corrected chi connectivity index (χ2v) is 7.18. The number of rotatable bonds is 8. The Bertz CT molecular complexity index is 830. The highest BCUT2D eigenvalue weighted by Crippen LogP contribution is 2.18. The Morgan fingerprint density at radius 1 is 0.966 bits per heavy atom. The molecule has 2 aromatic carbocycles. The zero-order valence-corrected chi connectivity index (χ0v) is 16.5. The molecular formula is C23H27N3O3. The summed E-state index contributed by atoms with van der Waals surface area (Å²) in [6, 6.07) is 17.5. The first-order valence-corrected chi connectivity index (χ1v) is 10.1. The predicted octanol–water partition coefficient (Wildman–Crippen LogP) is 3.55. The van der Waals surface area contributed by atoms with Crippen LogP contribution in [0, 0.1) is 0 Å². The van der Waals surface area contributed by atoms with Gasteiger partial charge in [0.05, 0.1) is 6.21 Å². The fraction of sp³-hybridized carbons (Fsp3) is 0.348. The second kappa shape index (κ2) is 11.0. The molecule has 1 saturated carbocycles. The maximum absolute atomic E-state index is 12.0. The summed E-state index contributed by atoms with van der Waals surface area (Å²) < 4.78 is 5.86. The highest BCUT2D eigenvalue weighted by Gasteiger charge is 2.17. The lowest BCUT2D eigenvalue weighted by Gasteiger charge is -2.22. The number of carbonyl (C=O) groups excluding carboxylic acids is 2. The third-order valence-electron chi connectivity index (χ3n) is 4.84. The van der Waals surface area contributed by atoms with Gasteiger partial charge in [0.25, 0.3) is 0 Å². The van der Waals surface area contributed by atoms with Crippen LogP contribution in [0.5, 0.6) is 5.75 Å². The zero-order chi connectivity index (χ0) is 20.3. The van der Waals surface area contributed by atoms with Crippen molar-refractivity contribution in [3.05, 3.63) is 65.7 Å². The number of hydrogen-bond donors (Lipinski definition) is 2. The Labute approximate surface area is 171 Å². The van der Waals surface area contributed by atoms with Gasteiger partial charge in [-0.05, 0) is 30.5 Å².